The monoisotopic (exact) mass is 535 g/mol. The molecule has 1 saturated heterocycles. The Morgan fingerprint density at radius 3 is 2.51 bits per heavy atom. The van der Waals surface area contributed by atoms with Crippen LogP contribution in [0.5, 0.6) is 0 Å². The molecule has 0 radical (unpaired) electrons. The third-order valence-corrected chi connectivity index (χ3v) is 7.15. The second-order valence-corrected chi connectivity index (χ2v) is 9.46. The summed E-state index contributed by atoms with van der Waals surface area (Å²) in [6.07, 6.45) is -1.08. The van der Waals surface area contributed by atoms with E-state index in [4.69, 9.17) is 0 Å². The van der Waals surface area contributed by atoms with Gasteiger partial charge in [-0.3, -0.25) is 14.6 Å². The topological polar surface area (TPSA) is 71.3 Å². The molecule has 2 aromatic heterocycles. The van der Waals surface area contributed by atoms with Crippen molar-refractivity contribution in [1.29, 1.82) is 0 Å². The summed E-state index contributed by atoms with van der Waals surface area (Å²) in [5.41, 5.74) is 1.64. The molecule has 4 heterocycles. The number of hydrogen-bond donors (Lipinski definition) is 0. The van der Waals surface area contributed by atoms with Crippen LogP contribution in [0.1, 0.15) is 33.2 Å². The van der Waals surface area contributed by atoms with Crippen LogP contribution < -0.4 is 0 Å². The van der Waals surface area contributed by atoms with Crippen molar-refractivity contribution in [3.05, 3.63) is 101 Å². The van der Waals surface area contributed by atoms with Crippen LogP contribution in [0.25, 0.3) is 16.9 Å². The van der Waals surface area contributed by atoms with Crippen molar-refractivity contribution in [2.45, 2.75) is 18.6 Å². The molecule has 0 saturated carbocycles. The Hall–Kier alpha value is -4.54. The molecule has 39 heavy (non-hydrogen) atoms. The first kappa shape index (κ1) is 24.8. The normalized spacial score (nSPS) is 17.1. The maximum atomic E-state index is 14.5. The third-order valence-electron chi connectivity index (χ3n) is 7.15. The van der Waals surface area contributed by atoms with Gasteiger partial charge in [0.05, 0.1) is 23.0 Å². The van der Waals surface area contributed by atoms with Gasteiger partial charge in [-0.25, -0.2) is 9.07 Å². The number of rotatable bonds is 3. The zero-order valence-electron chi connectivity index (χ0n) is 20.4. The second-order valence-electron chi connectivity index (χ2n) is 9.46. The molecule has 0 N–H and O–H groups in total. The van der Waals surface area contributed by atoms with Crippen molar-refractivity contribution in [3.63, 3.8) is 0 Å². The van der Waals surface area contributed by atoms with E-state index in [0.29, 0.717) is 23.9 Å². The summed E-state index contributed by atoms with van der Waals surface area (Å²) in [5, 5.41) is 4.37. The molecule has 0 bridgehead atoms. The quantitative estimate of drug-likeness (QED) is 0.358. The fraction of sp³-hybridized carbons (Fsp3) is 0.214. The molecular weight excluding hydrogens is 514 g/mol. The number of amides is 2. The van der Waals surface area contributed by atoms with Crippen molar-refractivity contribution < 1.29 is 27.2 Å². The van der Waals surface area contributed by atoms with Crippen LogP contribution >= 0.6 is 0 Å². The molecule has 198 valence electrons. The molecule has 1 fully saturated rings. The molecule has 0 aliphatic carbocycles. The predicted octanol–water partition coefficient (Wildman–Crippen LogP) is 4.67. The van der Waals surface area contributed by atoms with E-state index in [-0.39, 0.29) is 36.4 Å². The van der Waals surface area contributed by atoms with Crippen molar-refractivity contribution in [2.75, 3.05) is 19.6 Å². The number of halogens is 4. The van der Waals surface area contributed by atoms with Gasteiger partial charge in [-0.15, -0.1) is 0 Å². The molecule has 4 aromatic rings. The molecule has 2 aromatic carbocycles. The molecule has 11 heteroatoms. The van der Waals surface area contributed by atoms with Crippen LogP contribution in [0, 0.1) is 5.82 Å². The summed E-state index contributed by atoms with van der Waals surface area (Å²) in [6, 6.07) is 14.8. The molecule has 1 unspecified atom stereocenters. The first-order chi connectivity index (χ1) is 18.7. The molecule has 6 rings (SSSR count). The summed E-state index contributed by atoms with van der Waals surface area (Å²) < 4.78 is 55.1. The number of pyridine rings is 1. The van der Waals surface area contributed by atoms with Gasteiger partial charge in [-0.2, -0.15) is 18.3 Å². The van der Waals surface area contributed by atoms with Crippen molar-refractivity contribution in [3.8, 4) is 16.9 Å². The van der Waals surface area contributed by atoms with Crippen LogP contribution in [0.2, 0.25) is 0 Å². The zero-order valence-corrected chi connectivity index (χ0v) is 20.4. The van der Waals surface area contributed by atoms with E-state index < -0.39 is 23.5 Å². The van der Waals surface area contributed by atoms with Crippen molar-refractivity contribution in [2.24, 2.45) is 0 Å². The minimum Gasteiger partial charge on any atom is -0.332 e. The number of fused-ring (bicyclic) bond motifs is 3. The molecule has 2 aliphatic heterocycles. The lowest BCUT2D eigenvalue weighted by molar-refractivity contribution is -0.140. The first-order valence-corrected chi connectivity index (χ1v) is 12.2. The fourth-order valence-corrected chi connectivity index (χ4v) is 5.27. The predicted molar refractivity (Wildman–Crippen MR) is 132 cm³/mol. The largest absolute Gasteiger partial charge is 0.419 e. The molecule has 2 aliphatic rings. The number of benzene rings is 2. The van der Waals surface area contributed by atoms with Gasteiger partial charge in [-0.1, -0.05) is 24.3 Å². The maximum absolute atomic E-state index is 14.5. The van der Waals surface area contributed by atoms with E-state index in [1.54, 1.807) is 17.0 Å². The third kappa shape index (κ3) is 4.43. The highest BCUT2D eigenvalue weighted by Gasteiger charge is 2.39. The highest BCUT2D eigenvalue weighted by Crippen LogP contribution is 2.35. The maximum Gasteiger partial charge on any atom is 0.419 e. The van der Waals surface area contributed by atoms with Gasteiger partial charge in [0.15, 0.2) is 5.69 Å². The average molecular weight is 536 g/mol. The van der Waals surface area contributed by atoms with E-state index in [2.05, 4.69) is 10.1 Å². The standard InChI is InChI=1S/C28H21F4N5O2/c29-22-13-19(5-6-21(22)28(30,31)32)37-24(18-7-10-33-11-8-18)14-23(34-37)27(39)35-15-25-20-4-2-1-3-17(20)9-12-36(25)26(38)16-35/h1-8,10-11,13-14,25H,9,12,15-16H2. The number of carbonyl (C=O) groups is 2. The number of nitrogens with zero attached hydrogens (tertiary/aromatic N) is 5. The Bertz CT molecular complexity index is 1580. The van der Waals surface area contributed by atoms with E-state index in [9.17, 15) is 27.2 Å². The number of alkyl halides is 3. The zero-order chi connectivity index (χ0) is 27.3. The summed E-state index contributed by atoms with van der Waals surface area (Å²) >= 11 is 0. The van der Waals surface area contributed by atoms with Crippen LogP contribution in [-0.2, 0) is 17.4 Å². The minimum atomic E-state index is -4.85. The van der Waals surface area contributed by atoms with Crippen LogP contribution in [0.15, 0.2) is 73.1 Å². The lowest BCUT2D eigenvalue weighted by Crippen LogP contribution is -2.55. The first-order valence-electron chi connectivity index (χ1n) is 12.2. The van der Waals surface area contributed by atoms with Gasteiger partial charge in [0.1, 0.15) is 12.4 Å². The lowest BCUT2D eigenvalue weighted by Gasteiger charge is -2.44. The van der Waals surface area contributed by atoms with E-state index >= 15 is 0 Å². The molecule has 0 spiro atoms. The Morgan fingerprint density at radius 1 is 1.00 bits per heavy atom. The summed E-state index contributed by atoms with van der Waals surface area (Å²) in [6.45, 7) is 0.723. The highest BCUT2D eigenvalue weighted by molar-refractivity contribution is 5.97. The summed E-state index contributed by atoms with van der Waals surface area (Å²) in [7, 11) is 0. The molecule has 1 atom stereocenters. The van der Waals surface area contributed by atoms with Gasteiger partial charge >= 0.3 is 6.18 Å². The molecule has 2 amide bonds. The van der Waals surface area contributed by atoms with E-state index in [0.717, 1.165) is 29.7 Å². The Morgan fingerprint density at radius 2 is 1.77 bits per heavy atom. The fourth-order valence-electron chi connectivity index (χ4n) is 5.27. The Kier molecular flexibility index (Phi) is 5.93. The number of piperazine rings is 1. The Labute approximate surface area is 220 Å². The lowest BCUT2D eigenvalue weighted by atomic mass is 9.90. The van der Waals surface area contributed by atoms with E-state index in [1.165, 1.54) is 28.0 Å². The smallest absolute Gasteiger partial charge is 0.332 e. The average Bonchev–Trinajstić information content (AvgIpc) is 3.38. The molecular formula is C28H21F4N5O2. The van der Waals surface area contributed by atoms with Crippen molar-refractivity contribution in [1.82, 2.24) is 24.6 Å². The SMILES string of the molecule is O=C(c1cc(-c2ccncc2)n(-c2ccc(C(F)(F)F)c(F)c2)n1)N1CC(=O)N2CCc3ccccc3C2C1. The van der Waals surface area contributed by atoms with Gasteiger partial charge in [0.25, 0.3) is 5.91 Å². The van der Waals surface area contributed by atoms with Gasteiger partial charge in [-0.05, 0) is 47.9 Å². The second kappa shape index (κ2) is 9.33. The molecule has 7 nitrogen and oxygen atoms in total. The van der Waals surface area contributed by atoms with Gasteiger partial charge in [0, 0.05) is 37.1 Å². The summed E-state index contributed by atoms with van der Waals surface area (Å²) in [5.74, 6) is -2.14. The highest BCUT2D eigenvalue weighted by atomic mass is 19.4. The van der Waals surface area contributed by atoms with Crippen LogP contribution in [-0.4, -0.2) is 56.0 Å². The van der Waals surface area contributed by atoms with Crippen LogP contribution in [0.4, 0.5) is 17.6 Å². The van der Waals surface area contributed by atoms with Crippen LogP contribution in [0.3, 0.4) is 0 Å². The number of carbonyl (C=O) groups excluding carboxylic acids is 2. The van der Waals surface area contributed by atoms with Gasteiger partial charge < -0.3 is 9.80 Å². The van der Waals surface area contributed by atoms with Gasteiger partial charge in [0.2, 0.25) is 5.91 Å². The van der Waals surface area contributed by atoms with Crippen molar-refractivity contribution >= 4 is 11.8 Å². The van der Waals surface area contributed by atoms with E-state index in [1.807, 2.05) is 24.3 Å². The number of aromatic nitrogens is 3. The Balaban J connectivity index is 1.38. The minimum absolute atomic E-state index is 0.00784. The summed E-state index contributed by atoms with van der Waals surface area (Å²) in [4.78, 5) is 33.9. The number of hydrogen-bond acceptors (Lipinski definition) is 4.